The molecule has 0 saturated carbocycles. The van der Waals surface area contributed by atoms with Gasteiger partial charge in [-0.25, -0.2) is 0 Å². The van der Waals surface area contributed by atoms with Crippen LogP contribution in [0.1, 0.15) is 33.5 Å². The van der Waals surface area contributed by atoms with Gasteiger partial charge in [-0.05, 0) is 60.4 Å². The Kier molecular flexibility index (Phi) is 10.9. The van der Waals surface area contributed by atoms with E-state index in [-0.39, 0.29) is 31.1 Å². The molecule has 0 aliphatic rings. The van der Waals surface area contributed by atoms with Crippen LogP contribution in [0, 0.1) is 0 Å². The van der Waals surface area contributed by atoms with Gasteiger partial charge in [0.1, 0.15) is 6.54 Å². The van der Waals surface area contributed by atoms with Crippen molar-refractivity contribution in [2.24, 2.45) is 0 Å². The summed E-state index contributed by atoms with van der Waals surface area (Å²) in [7, 11) is 4.58. The molecule has 11 heteroatoms. The minimum Gasteiger partial charge on any atom is -0.493 e. The van der Waals surface area contributed by atoms with Crippen LogP contribution in [0.15, 0.2) is 72.9 Å². The van der Waals surface area contributed by atoms with E-state index in [9.17, 15) is 22.8 Å². The van der Waals surface area contributed by atoms with Crippen LogP contribution < -0.4 is 9.47 Å². The SMILES string of the molecule is COCCCN(CC(=O)N(CCc1c[nH]c2ccccc12)Cc1ccc(OC)c(OC)c1)C(=O)c1cccc(C(F)(F)F)c1. The lowest BCUT2D eigenvalue weighted by Crippen LogP contribution is -2.44. The van der Waals surface area contributed by atoms with Gasteiger partial charge in [0.15, 0.2) is 11.5 Å². The smallest absolute Gasteiger partial charge is 0.416 e. The first-order valence-corrected chi connectivity index (χ1v) is 14.1. The van der Waals surface area contributed by atoms with E-state index in [0.29, 0.717) is 37.5 Å². The standard InChI is InChI=1S/C33H36F3N3O5/c1-42-17-7-15-39(32(41)24-8-6-9-26(19-24)33(34,35)36)22-31(40)38(21-23-12-13-29(43-2)30(18-23)44-3)16-14-25-20-37-28-11-5-4-10-27(25)28/h4-6,8-13,18-20,37H,7,14-17,21-22H2,1-3H3. The van der Waals surface area contributed by atoms with Crippen LogP contribution in [0.25, 0.3) is 10.9 Å². The molecular weight excluding hydrogens is 575 g/mol. The molecule has 1 N–H and O–H groups in total. The second-order valence-corrected chi connectivity index (χ2v) is 10.3. The Morgan fingerprint density at radius 3 is 2.36 bits per heavy atom. The van der Waals surface area contributed by atoms with E-state index in [1.54, 1.807) is 17.0 Å². The average molecular weight is 612 g/mol. The number of rotatable bonds is 14. The van der Waals surface area contributed by atoms with Gasteiger partial charge in [-0.1, -0.05) is 30.3 Å². The Morgan fingerprint density at radius 1 is 0.864 bits per heavy atom. The lowest BCUT2D eigenvalue weighted by atomic mass is 10.1. The molecule has 1 aromatic heterocycles. The van der Waals surface area contributed by atoms with Gasteiger partial charge in [0.05, 0.1) is 19.8 Å². The van der Waals surface area contributed by atoms with E-state index in [1.165, 1.54) is 38.4 Å². The highest BCUT2D eigenvalue weighted by molar-refractivity contribution is 5.96. The summed E-state index contributed by atoms with van der Waals surface area (Å²) >= 11 is 0. The van der Waals surface area contributed by atoms with E-state index in [1.807, 2.05) is 36.5 Å². The van der Waals surface area contributed by atoms with Crippen molar-refractivity contribution in [1.29, 1.82) is 0 Å². The lowest BCUT2D eigenvalue weighted by molar-refractivity contribution is -0.137. The van der Waals surface area contributed by atoms with Crippen LogP contribution >= 0.6 is 0 Å². The van der Waals surface area contributed by atoms with Crippen molar-refractivity contribution in [2.45, 2.75) is 25.6 Å². The zero-order valence-electron chi connectivity index (χ0n) is 24.9. The van der Waals surface area contributed by atoms with Crippen molar-refractivity contribution in [2.75, 3.05) is 47.6 Å². The Labute approximate surface area is 254 Å². The van der Waals surface area contributed by atoms with Crippen LogP contribution in [0.3, 0.4) is 0 Å². The zero-order chi connectivity index (χ0) is 31.7. The van der Waals surface area contributed by atoms with Gasteiger partial charge in [-0.2, -0.15) is 13.2 Å². The minimum atomic E-state index is -4.61. The first kappa shape index (κ1) is 32.4. The number of nitrogens with one attached hydrogen (secondary N) is 1. The number of nitrogens with zero attached hydrogens (tertiary/aromatic N) is 2. The van der Waals surface area contributed by atoms with Crippen LogP contribution in [0.5, 0.6) is 11.5 Å². The van der Waals surface area contributed by atoms with Gasteiger partial charge >= 0.3 is 6.18 Å². The number of ether oxygens (including phenoxy) is 3. The van der Waals surface area contributed by atoms with Gasteiger partial charge in [-0.3, -0.25) is 9.59 Å². The molecule has 3 aromatic carbocycles. The third kappa shape index (κ3) is 8.10. The molecule has 0 unspecified atom stereocenters. The first-order chi connectivity index (χ1) is 21.1. The summed E-state index contributed by atoms with van der Waals surface area (Å²) < 4.78 is 56.1. The Bertz CT molecular complexity index is 1570. The number of carbonyl (C=O) groups is 2. The number of aromatic nitrogens is 1. The number of alkyl halides is 3. The molecule has 4 aromatic rings. The molecule has 0 bridgehead atoms. The van der Waals surface area contributed by atoms with Crippen molar-refractivity contribution in [1.82, 2.24) is 14.8 Å². The predicted octanol–water partition coefficient (Wildman–Crippen LogP) is 5.95. The highest BCUT2D eigenvalue weighted by Gasteiger charge is 2.32. The first-order valence-electron chi connectivity index (χ1n) is 14.1. The van der Waals surface area contributed by atoms with Gasteiger partial charge in [0.2, 0.25) is 5.91 Å². The van der Waals surface area contributed by atoms with Gasteiger partial charge < -0.3 is 29.0 Å². The van der Waals surface area contributed by atoms with Crippen LogP contribution in [-0.2, 0) is 28.7 Å². The quantitative estimate of drug-likeness (QED) is 0.178. The monoisotopic (exact) mass is 611 g/mol. The maximum absolute atomic E-state index is 13.9. The molecule has 234 valence electrons. The third-order valence-electron chi connectivity index (χ3n) is 7.33. The summed E-state index contributed by atoms with van der Waals surface area (Å²) in [5, 5.41) is 1.05. The fraction of sp³-hybridized carbons (Fsp3) is 0.333. The van der Waals surface area contributed by atoms with E-state index in [4.69, 9.17) is 14.2 Å². The highest BCUT2D eigenvalue weighted by Crippen LogP contribution is 2.30. The number of hydrogen-bond acceptors (Lipinski definition) is 5. The fourth-order valence-electron chi connectivity index (χ4n) is 5.01. The zero-order valence-corrected chi connectivity index (χ0v) is 24.9. The van der Waals surface area contributed by atoms with E-state index in [2.05, 4.69) is 4.98 Å². The molecule has 8 nitrogen and oxygen atoms in total. The van der Waals surface area contributed by atoms with Gasteiger partial charge in [0, 0.05) is 56.0 Å². The molecular formula is C33H36F3N3O5. The number of aromatic amines is 1. The van der Waals surface area contributed by atoms with Crippen molar-refractivity contribution in [3.63, 3.8) is 0 Å². The molecule has 0 spiro atoms. The number of hydrogen-bond donors (Lipinski definition) is 1. The Hall–Kier alpha value is -4.51. The van der Waals surface area contributed by atoms with E-state index < -0.39 is 17.6 Å². The van der Waals surface area contributed by atoms with Gasteiger partial charge in [-0.15, -0.1) is 0 Å². The number of carbonyl (C=O) groups excluding carboxylic acids is 2. The molecule has 0 aliphatic carbocycles. The molecule has 0 aliphatic heterocycles. The summed E-state index contributed by atoms with van der Waals surface area (Å²) in [6.45, 7) is 0.668. The predicted molar refractivity (Wildman–Crippen MR) is 161 cm³/mol. The number of amides is 2. The van der Waals surface area contributed by atoms with Gasteiger partial charge in [0.25, 0.3) is 5.91 Å². The highest BCUT2D eigenvalue weighted by atomic mass is 19.4. The Morgan fingerprint density at radius 2 is 1.64 bits per heavy atom. The normalized spacial score (nSPS) is 11.4. The largest absolute Gasteiger partial charge is 0.493 e. The van der Waals surface area contributed by atoms with Crippen LogP contribution in [0.4, 0.5) is 13.2 Å². The summed E-state index contributed by atoms with van der Waals surface area (Å²) in [4.78, 5) is 33.6. The summed E-state index contributed by atoms with van der Waals surface area (Å²) in [5.74, 6) is 0.0412. The van der Waals surface area contributed by atoms with Crippen molar-refractivity contribution >= 4 is 22.7 Å². The second kappa shape index (κ2) is 14.8. The number of fused-ring (bicyclic) bond motifs is 1. The summed E-state index contributed by atoms with van der Waals surface area (Å²) in [5.41, 5.74) is 1.72. The van der Waals surface area contributed by atoms with Crippen molar-refractivity contribution < 1.29 is 37.0 Å². The minimum absolute atomic E-state index is 0.126. The fourth-order valence-corrected chi connectivity index (χ4v) is 5.01. The maximum atomic E-state index is 13.9. The third-order valence-corrected chi connectivity index (χ3v) is 7.33. The molecule has 0 saturated heterocycles. The molecule has 44 heavy (non-hydrogen) atoms. The lowest BCUT2D eigenvalue weighted by Gasteiger charge is -2.28. The second-order valence-electron chi connectivity index (χ2n) is 10.3. The molecule has 1 heterocycles. The number of methoxy groups -OCH3 is 3. The maximum Gasteiger partial charge on any atom is 0.416 e. The van der Waals surface area contributed by atoms with E-state index >= 15 is 0 Å². The van der Waals surface area contributed by atoms with Crippen LogP contribution in [0.2, 0.25) is 0 Å². The molecule has 0 fully saturated rings. The molecule has 4 rings (SSSR count). The molecule has 2 amide bonds. The van der Waals surface area contributed by atoms with Crippen molar-refractivity contribution in [3.05, 3.63) is 95.2 Å². The average Bonchev–Trinajstić information content (AvgIpc) is 3.44. The number of benzene rings is 3. The Balaban J connectivity index is 1.60. The molecule has 0 radical (unpaired) electrons. The van der Waals surface area contributed by atoms with Crippen molar-refractivity contribution in [3.8, 4) is 11.5 Å². The molecule has 0 atom stereocenters. The summed E-state index contributed by atoms with van der Waals surface area (Å²) in [6, 6.07) is 17.5. The number of H-pyrrole nitrogens is 1. The van der Waals surface area contributed by atoms with E-state index in [0.717, 1.165) is 34.2 Å². The van der Waals surface area contributed by atoms with Crippen LogP contribution in [-0.4, -0.2) is 74.2 Å². The topological polar surface area (TPSA) is 84.1 Å². The number of halogens is 3. The summed E-state index contributed by atoms with van der Waals surface area (Å²) in [6.07, 6.45) is -1.75. The number of para-hydroxylation sites is 1.